The van der Waals surface area contributed by atoms with Crippen molar-refractivity contribution in [2.45, 2.75) is 6.61 Å². The second-order valence-electron chi connectivity index (χ2n) is 7.97. The summed E-state index contributed by atoms with van der Waals surface area (Å²) in [5, 5.41) is 5.75. The van der Waals surface area contributed by atoms with E-state index in [1.54, 1.807) is 19.2 Å². The lowest BCUT2D eigenvalue weighted by Crippen LogP contribution is -2.31. The molecule has 0 atom stereocenters. The summed E-state index contributed by atoms with van der Waals surface area (Å²) < 4.78 is 31.4. The second kappa shape index (κ2) is 16.2. The molecule has 38 heavy (non-hydrogen) atoms. The first kappa shape index (κ1) is 28.8. The fraction of sp³-hybridized carbons (Fsp3) is 0.370. The Morgan fingerprint density at radius 2 is 1.53 bits per heavy atom. The van der Waals surface area contributed by atoms with Crippen LogP contribution in [0.5, 0.6) is 0 Å². The van der Waals surface area contributed by atoms with Gasteiger partial charge in [0.1, 0.15) is 17.8 Å². The molecule has 0 bridgehead atoms. The maximum atomic E-state index is 12.4. The van der Waals surface area contributed by atoms with Crippen molar-refractivity contribution in [1.82, 2.24) is 5.32 Å². The SMILES string of the molecule is COCCOCCOCCOCCNC(=O)c1cc2ccc(NC(=O)OCc3ccccc3)cc2oc1=O. The minimum absolute atomic E-state index is 0.123. The Kier molecular flexibility index (Phi) is 12.2. The van der Waals surface area contributed by atoms with Gasteiger partial charge in [-0.1, -0.05) is 30.3 Å². The molecular weight excluding hydrogens is 496 g/mol. The zero-order valence-corrected chi connectivity index (χ0v) is 21.2. The summed E-state index contributed by atoms with van der Waals surface area (Å²) in [6.45, 7) is 3.36. The van der Waals surface area contributed by atoms with Gasteiger partial charge in [0.2, 0.25) is 0 Å². The quantitative estimate of drug-likeness (QED) is 0.213. The molecule has 1 heterocycles. The predicted octanol–water partition coefficient (Wildman–Crippen LogP) is 2.97. The summed E-state index contributed by atoms with van der Waals surface area (Å²) in [5.74, 6) is -0.569. The molecule has 0 aliphatic rings. The summed E-state index contributed by atoms with van der Waals surface area (Å²) in [7, 11) is 1.61. The van der Waals surface area contributed by atoms with E-state index >= 15 is 0 Å². The van der Waals surface area contributed by atoms with Crippen molar-refractivity contribution >= 4 is 28.7 Å². The van der Waals surface area contributed by atoms with Crippen molar-refractivity contribution in [2.75, 3.05) is 65.2 Å². The first-order chi connectivity index (χ1) is 18.6. The first-order valence-electron chi connectivity index (χ1n) is 12.1. The molecule has 11 heteroatoms. The molecule has 0 aliphatic carbocycles. The van der Waals surface area contributed by atoms with Gasteiger partial charge in [0.25, 0.3) is 5.91 Å². The number of nitrogens with one attached hydrogen (secondary N) is 2. The van der Waals surface area contributed by atoms with E-state index in [1.165, 1.54) is 12.1 Å². The van der Waals surface area contributed by atoms with Gasteiger partial charge in [-0.05, 0) is 23.8 Å². The third-order valence-electron chi connectivity index (χ3n) is 5.15. The van der Waals surface area contributed by atoms with Crippen molar-refractivity contribution in [3.8, 4) is 0 Å². The van der Waals surface area contributed by atoms with Gasteiger partial charge in [-0.3, -0.25) is 10.1 Å². The van der Waals surface area contributed by atoms with Crippen LogP contribution >= 0.6 is 0 Å². The summed E-state index contributed by atoms with van der Waals surface area (Å²) >= 11 is 0. The lowest BCUT2D eigenvalue weighted by molar-refractivity contribution is 0.00414. The number of benzene rings is 2. The number of hydrogen-bond donors (Lipinski definition) is 2. The zero-order valence-electron chi connectivity index (χ0n) is 21.2. The lowest BCUT2D eigenvalue weighted by Gasteiger charge is -2.09. The van der Waals surface area contributed by atoms with Gasteiger partial charge >= 0.3 is 11.7 Å². The number of rotatable bonds is 16. The Balaban J connectivity index is 1.39. The summed E-state index contributed by atoms with van der Waals surface area (Å²) in [5.41, 5.74) is 0.544. The van der Waals surface area contributed by atoms with Crippen LogP contribution in [0.4, 0.5) is 10.5 Å². The van der Waals surface area contributed by atoms with Gasteiger partial charge in [-0.25, -0.2) is 9.59 Å². The minimum atomic E-state index is -0.791. The highest BCUT2D eigenvalue weighted by Crippen LogP contribution is 2.19. The molecule has 2 N–H and O–H groups in total. The number of carbonyl (C=O) groups is 2. The highest BCUT2D eigenvalue weighted by atomic mass is 16.6. The molecule has 0 saturated carbocycles. The third kappa shape index (κ3) is 9.94. The summed E-state index contributed by atoms with van der Waals surface area (Å²) in [6.07, 6.45) is -0.646. The number of anilines is 1. The van der Waals surface area contributed by atoms with Crippen LogP contribution in [-0.4, -0.2) is 71.9 Å². The first-order valence-corrected chi connectivity index (χ1v) is 12.1. The number of hydrogen-bond acceptors (Lipinski definition) is 9. The maximum Gasteiger partial charge on any atom is 0.411 e. The topological polar surface area (TPSA) is 135 Å². The van der Waals surface area contributed by atoms with Gasteiger partial charge in [0.05, 0.1) is 46.2 Å². The van der Waals surface area contributed by atoms with Crippen LogP contribution in [0.1, 0.15) is 15.9 Å². The number of fused-ring (bicyclic) bond motifs is 1. The largest absolute Gasteiger partial charge is 0.444 e. The number of amides is 2. The van der Waals surface area contributed by atoms with Crippen molar-refractivity contribution in [1.29, 1.82) is 0 Å². The molecule has 1 aromatic heterocycles. The predicted molar refractivity (Wildman–Crippen MR) is 139 cm³/mol. The van der Waals surface area contributed by atoms with Crippen molar-refractivity contribution in [3.05, 3.63) is 76.1 Å². The monoisotopic (exact) mass is 528 g/mol. The molecule has 0 spiro atoms. The number of ether oxygens (including phenoxy) is 5. The molecule has 2 amide bonds. The minimum Gasteiger partial charge on any atom is -0.444 e. The smallest absolute Gasteiger partial charge is 0.411 e. The number of carbonyl (C=O) groups excluding carboxylic acids is 2. The van der Waals surface area contributed by atoms with Crippen LogP contribution in [0.15, 0.2) is 63.8 Å². The van der Waals surface area contributed by atoms with E-state index in [0.717, 1.165) is 5.56 Å². The van der Waals surface area contributed by atoms with Crippen LogP contribution in [0, 0.1) is 0 Å². The average Bonchev–Trinajstić information content (AvgIpc) is 2.92. The van der Waals surface area contributed by atoms with Gasteiger partial charge in [-0.15, -0.1) is 0 Å². The Labute approximate surface area is 220 Å². The van der Waals surface area contributed by atoms with Gasteiger partial charge in [0.15, 0.2) is 0 Å². The molecular formula is C27H32N2O9. The molecule has 204 valence electrons. The number of methoxy groups -OCH3 is 1. The van der Waals surface area contributed by atoms with Crippen LogP contribution < -0.4 is 16.3 Å². The molecule has 3 aromatic rings. The van der Waals surface area contributed by atoms with E-state index in [4.69, 9.17) is 28.1 Å². The van der Waals surface area contributed by atoms with Crippen molar-refractivity contribution in [2.24, 2.45) is 0 Å². The molecule has 0 aliphatic heterocycles. The molecule has 0 fully saturated rings. The zero-order chi connectivity index (χ0) is 27.0. The molecule has 0 radical (unpaired) electrons. The van der Waals surface area contributed by atoms with Crippen LogP contribution in [-0.2, 0) is 30.3 Å². The molecule has 11 nitrogen and oxygen atoms in total. The molecule has 2 aromatic carbocycles. The Morgan fingerprint density at radius 1 is 0.842 bits per heavy atom. The van der Waals surface area contributed by atoms with E-state index in [1.807, 2.05) is 30.3 Å². The van der Waals surface area contributed by atoms with Crippen molar-refractivity contribution in [3.63, 3.8) is 0 Å². The lowest BCUT2D eigenvalue weighted by atomic mass is 10.1. The molecule has 0 unspecified atom stereocenters. The second-order valence-corrected chi connectivity index (χ2v) is 7.97. The summed E-state index contributed by atoms with van der Waals surface area (Å²) in [4.78, 5) is 36.9. The van der Waals surface area contributed by atoms with Gasteiger partial charge < -0.3 is 33.4 Å². The van der Waals surface area contributed by atoms with Crippen LogP contribution in [0.25, 0.3) is 11.0 Å². The molecule has 0 saturated heterocycles. The van der Waals surface area contributed by atoms with E-state index < -0.39 is 17.6 Å². The Morgan fingerprint density at radius 3 is 2.24 bits per heavy atom. The normalized spacial score (nSPS) is 10.9. The fourth-order valence-corrected chi connectivity index (χ4v) is 3.24. The fourth-order valence-electron chi connectivity index (χ4n) is 3.24. The summed E-state index contributed by atoms with van der Waals surface area (Å²) in [6, 6.07) is 15.5. The highest BCUT2D eigenvalue weighted by molar-refractivity contribution is 5.97. The van der Waals surface area contributed by atoms with E-state index in [0.29, 0.717) is 50.7 Å². The van der Waals surface area contributed by atoms with Crippen LogP contribution in [0.3, 0.4) is 0 Å². The van der Waals surface area contributed by atoms with E-state index in [-0.39, 0.29) is 30.9 Å². The van der Waals surface area contributed by atoms with E-state index in [9.17, 15) is 14.4 Å². The van der Waals surface area contributed by atoms with Crippen LogP contribution in [0.2, 0.25) is 0 Å². The standard InChI is InChI=1S/C27H32N2O9/c1-33-11-12-35-15-16-36-14-13-34-10-9-28-25(30)23-17-21-7-8-22(18-24(21)38-26(23)31)29-27(32)37-19-20-5-3-2-4-6-20/h2-8,17-18H,9-16,19H2,1H3,(H,28,30)(H,29,32). The molecule has 3 rings (SSSR count). The van der Waals surface area contributed by atoms with Gasteiger partial charge in [0, 0.05) is 30.8 Å². The van der Waals surface area contributed by atoms with E-state index in [2.05, 4.69) is 10.6 Å². The Hall–Kier alpha value is -3.77. The average molecular weight is 529 g/mol. The Bertz CT molecular complexity index is 1210. The van der Waals surface area contributed by atoms with Gasteiger partial charge in [-0.2, -0.15) is 0 Å². The maximum absolute atomic E-state index is 12.4. The van der Waals surface area contributed by atoms with Crippen molar-refractivity contribution < 1.29 is 37.7 Å². The highest BCUT2D eigenvalue weighted by Gasteiger charge is 2.14. The third-order valence-corrected chi connectivity index (χ3v) is 5.15.